The minimum Gasteiger partial charge on any atom is -0.264 e. The van der Waals surface area contributed by atoms with E-state index in [1.807, 2.05) is 30.9 Å². The second-order valence-corrected chi connectivity index (χ2v) is 4.82. The first-order chi connectivity index (χ1) is 9.42. The first kappa shape index (κ1) is 9.27. The van der Waals surface area contributed by atoms with Gasteiger partial charge in [-0.3, -0.25) is 4.98 Å². The largest absolute Gasteiger partial charge is 0.376 e. The van der Waals surface area contributed by atoms with Crippen LogP contribution in [0.4, 0.5) is 0 Å². The van der Waals surface area contributed by atoms with Crippen LogP contribution < -0.4 is 4.40 Å². The Morgan fingerprint density at radius 2 is 2.21 bits per heavy atom. The summed E-state index contributed by atoms with van der Waals surface area (Å²) in [7, 11) is 0. The Labute approximate surface area is 108 Å². The quantitative estimate of drug-likeness (QED) is 0.387. The van der Waals surface area contributed by atoms with Gasteiger partial charge in [0.2, 0.25) is 5.65 Å². The first-order valence-corrected chi connectivity index (χ1v) is 6.22. The summed E-state index contributed by atoms with van der Waals surface area (Å²) in [6.07, 6.45) is 11.9. The van der Waals surface area contributed by atoms with Gasteiger partial charge in [0.15, 0.2) is 0 Å². The zero-order valence-electron chi connectivity index (χ0n) is 10.1. The molecule has 0 atom stereocenters. The van der Waals surface area contributed by atoms with Crippen molar-refractivity contribution in [3.8, 4) is 11.3 Å². The number of rotatable bonds is 0. The fourth-order valence-electron chi connectivity index (χ4n) is 2.96. The summed E-state index contributed by atoms with van der Waals surface area (Å²) in [4.78, 5) is 8.61. The predicted molar refractivity (Wildman–Crippen MR) is 68.7 cm³/mol. The minimum absolute atomic E-state index is 0.894. The number of imidazole rings is 2. The molecule has 1 aliphatic heterocycles. The summed E-state index contributed by atoms with van der Waals surface area (Å²) in [6.45, 7) is 0.894. The van der Waals surface area contributed by atoms with Crippen molar-refractivity contribution in [2.24, 2.45) is 0 Å². The molecule has 5 nitrogen and oxygen atoms in total. The zero-order valence-corrected chi connectivity index (χ0v) is 10.1. The average molecular weight is 248 g/mol. The third-order valence-electron chi connectivity index (χ3n) is 3.79. The molecule has 1 aliphatic rings. The van der Waals surface area contributed by atoms with E-state index in [9.17, 15) is 0 Å². The second kappa shape index (κ2) is 3.00. The molecule has 90 valence electrons. The standard InChI is InChI=1S/C14H10N5/c1-3-16-13-9-17-8-12-11-6-15-4-2-10(11)7-19(12)14(17)18(13)5-1/h1-6,8-9H,7H2/q+1. The molecule has 0 spiro atoms. The summed E-state index contributed by atoms with van der Waals surface area (Å²) in [6, 6.07) is 4.05. The van der Waals surface area contributed by atoms with Gasteiger partial charge in [-0.15, -0.1) is 0 Å². The molecular weight excluding hydrogens is 238 g/mol. The lowest BCUT2D eigenvalue weighted by Crippen LogP contribution is -2.16. The molecule has 5 heterocycles. The van der Waals surface area contributed by atoms with Gasteiger partial charge >= 0.3 is 5.78 Å². The van der Waals surface area contributed by atoms with E-state index in [4.69, 9.17) is 0 Å². The Morgan fingerprint density at radius 3 is 3.21 bits per heavy atom. The molecule has 0 N–H and O–H groups in total. The van der Waals surface area contributed by atoms with Crippen molar-refractivity contribution in [1.82, 2.24) is 18.9 Å². The van der Waals surface area contributed by atoms with Crippen molar-refractivity contribution >= 4 is 11.4 Å². The summed E-state index contributed by atoms with van der Waals surface area (Å²) < 4.78 is 6.55. The summed E-state index contributed by atoms with van der Waals surface area (Å²) in [5.74, 6) is 1.13. The molecule has 0 aliphatic carbocycles. The highest BCUT2D eigenvalue weighted by molar-refractivity contribution is 5.68. The molecule has 4 aromatic rings. The predicted octanol–water partition coefficient (Wildman–Crippen LogP) is 1.30. The van der Waals surface area contributed by atoms with Gasteiger partial charge in [-0.25, -0.2) is 14.0 Å². The molecule has 0 bridgehead atoms. The maximum absolute atomic E-state index is 4.38. The molecule has 4 aromatic heterocycles. The van der Waals surface area contributed by atoms with Gasteiger partial charge in [0.25, 0.3) is 0 Å². The van der Waals surface area contributed by atoms with E-state index in [1.54, 1.807) is 0 Å². The van der Waals surface area contributed by atoms with Crippen LogP contribution in [0.15, 0.2) is 49.3 Å². The number of nitrogens with zero attached hydrogens (tertiary/aromatic N) is 5. The van der Waals surface area contributed by atoms with Crippen LogP contribution in [0.25, 0.3) is 22.7 Å². The Kier molecular flexibility index (Phi) is 1.46. The highest BCUT2D eigenvalue weighted by Crippen LogP contribution is 2.31. The van der Waals surface area contributed by atoms with Crippen LogP contribution in [0, 0.1) is 0 Å². The van der Waals surface area contributed by atoms with Crippen molar-refractivity contribution in [2.75, 3.05) is 0 Å². The van der Waals surface area contributed by atoms with Crippen LogP contribution >= 0.6 is 0 Å². The zero-order chi connectivity index (χ0) is 12.4. The molecule has 0 radical (unpaired) electrons. The molecule has 0 aromatic carbocycles. The smallest absolute Gasteiger partial charge is 0.264 e. The number of hydrogen-bond acceptors (Lipinski definition) is 2. The highest BCUT2D eigenvalue weighted by Gasteiger charge is 2.29. The summed E-state index contributed by atoms with van der Waals surface area (Å²) in [5, 5.41) is 0. The maximum atomic E-state index is 4.38. The average Bonchev–Trinajstić information content (AvgIpc) is 3.05. The monoisotopic (exact) mass is 248 g/mol. The van der Waals surface area contributed by atoms with Crippen LogP contribution in [0.5, 0.6) is 0 Å². The van der Waals surface area contributed by atoms with Crippen LogP contribution in [0.1, 0.15) is 5.56 Å². The molecule has 19 heavy (non-hydrogen) atoms. The summed E-state index contributed by atoms with van der Waals surface area (Å²) in [5.41, 5.74) is 4.73. The van der Waals surface area contributed by atoms with Gasteiger partial charge in [-0.1, -0.05) is 0 Å². The fourth-order valence-corrected chi connectivity index (χ4v) is 2.96. The van der Waals surface area contributed by atoms with E-state index < -0.39 is 0 Å². The van der Waals surface area contributed by atoms with Crippen molar-refractivity contribution in [2.45, 2.75) is 6.54 Å². The number of fused-ring (bicyclic) bond motifs is 7. The molecule has 5 heteroatoms. The number of hydrogen-bond donors (Lipinski definition) is 0. The minimum atomic E-state index is 0.894. The maximum Gasteiger partial charge on any atom is 0.376 e. The van der Waals surface area contributed by atoms with Crippen LogP contribution in [-0.2, 0) is 6.54 Å². The Balaban J connectivity index is 1.94. The van der Waals surface area contributed by atoms with Gasteiger partial charge in [0, 0.05) is 29.7 Å². The Bertz CT molecular complexity index is 947. The van der Waals surface area contributed by atoms with Gasteiger partial charge < -0.3 is 0 Å². The molecule has 0 amide bonds. The van der Waals surface area contributed by atoms with E-state index in [0.717, 1.165) is 18.0 Å². The van der Waals surface area contributed by atoms with Crippen LogP contribution in [0.2, 0.25) is 0 Å². The highest BCUT2D eigenvalue weighted by atomic mass is 15.3. The SMILES string of the molecule is c1cnc2c[n+]3cc4n(c3n2c1)Cc1ccncc1-4. The first-order valence-electron chi connectivity index (χ1n) is 6.22. The van der Waals surface area contributed by atoms with E-state index in [1.165, 1.54) is 16.8 Å². The Morgan fingerprint density at radius 1 is 1.21 bits per heavy atom. The van der Waals surface area contributed by atoms with Crippen LogP contribution in [0.3, 0.4) is 0 Å². The van der Waals surface area contributed by atoms with E-state index >= 15 is 0 Å². The third-order valence-corrected chi connectivity index (χ3v) is 3.79. The van der Waals surface area contributed by atoms with Gasteiger partial charge in [-0.05, 0) is 12.1 Å². The number of aromatic nitrogens is 5. The fraction of sp³-hybridized carbons (Fsp3) is 0.0714. The molecule has 0 saturated heterocycles. The third kappa shape index (κ3) is 1.03. The number of pyridine rings is 1. The molecule has 0 saturated carbocycles. The van der Waals surface area contributed by atoms with Gasteiger partial charge in [-0.2, -0.15) is 4.40 Å². The van der Waals surface area contributed by atoms with Crippen molar-refractivity contribution in [3.05, 3.63) is 54.9 Å². The van der Waals surface area contributed by atoms with Crippen molar-refractivity contribution in [1.29, 1.82) is 0 Å². The lowest BCUT2D eigenvalue weighted by Gasteiger charge is -1.92. The summed E-state index contributed by atoms with van der Waals surface area (Å²) >= 11 is 0. The topological polar surface area (TPSA) is 39.2 Å². The van der Waals surface area contributed by atoms with Crippen molar-refractivity contribution in [3.63, 3.8) is 0 Å². The van der Waals surface area contributed by atoms with E-state index in [-0.39, 0.29) is 0 Å². The molecule has 0 unspecified atom stereocenters. The van der Waals surface area contributed by atoms with E-state index in [2.05, 4.69) is 41.8 Å². The second-order valence-electron chi connectivity index (χ2n) is 4.82. The van der Waals surface area contributed by atoms with E-state index in [0.29, 0.717) is 0 Å². The van der Waals surface area contributed by atoms with Crippen LogP contribution in [-0.4, -0.2) is 18.9 Å². The lowest BCUT2D eigenvalue weighted by molar-refractivity contribution is -0.508. The lowest BCUT2D eigenvalue weighted by atomic mass is 10.1. The van der Waals surface area contributed by atoms with Gasteiger partial charge in [0.05, 0.1) is 12.7 Å². The Hall–Kier alpha value is -2.69. The molecule has 5 rings (SSSR count). The van der Waals surface area contributed by atoms with Crippen molar-refractivity contribution < 1.29 is 4.40 Å². The molecular formula is C14H10N5+. The normalized spacial score (nSPS) is 13.1. The molecule has 0 fully saturated rings. The van der Waals surface area contributed by atoms with Gasteiger partial charge in [0.1, 0.15) is 18.1 Å².